The van der Waals surface area contributed by atoms with Crippen molar-refractivity contribution in [3.05, 3.63) is 52.4 Å². The molecule has 0 atom stereocenters. The summed E-state index contributed by atoms with van der Waals surface area (Å²) in [5, 5.41) is 12.1. The molecule has 1 saturated heterocycles. The van der Waals surface area contributed by atoms with Gasteiger partial charge in [-0.3, -0.25) is 4.79 Å². The van der Waals surface area contributed by atoms with E-state index in [-0.39, 0.29) is 18.2 Å². The molecule has 0 spiro atoms. The van der Waals surface area contributed by atoms with Gasteiger partial charge in [-0.25, -0.2) is 4.79 Å². The number of likely N-dealkylation sites (tertiary alicyclic amines) is 1. The van der Waals surface area contributed by atoms with Crippen molar-refractivity contribution in [1.82, 2.24) is 4.90 Å². The molecule has 3 heterocycles. The van der Waals surface area contributed by atoms with Crippen molar-refractivity contribution < 1.29 is 18.7 Å². The van der Waals surface area contributed by atoms with Crippen molar-refractivity contribution in [2.24, 2.45) is 0 Å². The second-order valence-electron chi connectivity index (χ2n) is 7.25. The molecule has 0 aliphatic carbocycles. The third kappa shape index (κ3) is 2.56. The van der Waals surface area contributed by atoms with Crippen molar-refractivity contribution in [3.8, 4) is 5.75 Å². The van der Waals surface area contributed by atoms with E-state index in [0.29, 0.717) is 51.4 Å². The third-order valence-corrected chi connectivity index (χ3v) is 5.50. The number of nitrogens with zero attached hydrogens (tertiary/aromatic N) is 1. The zero-order chi connectivity index (χ0) is 19.3. The number of benzene rings is 2. The van der Waals surface area contributed by atoms with Crippen LogP contribution in [0.3, 0.4) is 0 Å². The highest BCUT2D eigenvalue weighted by Crippen LogP contribution is 2.37. The minimum absolute atomic E-state index is 0.0415. The minimum Gasteiger partial charge on any atom is -0.508 e. The number of hydrogen-bond donors (Lipinski definition) is 1. The monoisotopic (exact) mass is 377 g/mol. The summed E-state index contributed by atoms with van der Waals surface area (Å²) >= 11 is 0. The molecule has 0 bridgehead atoms. The van der Waals surface area contributed by atoms with Crippen molar-refractivity contribution in [1.29, 1.82) is 0 Å². The maximum atomic E-state index is 12.8. The normalized spacial score (nSPS) is 15.6. The van der Waals surface area contributed by atoms with Crippen LogP contribution in [-0.2, 0) is 11.3 Å². The van der Waals surface area contributed by atoms with E-state index in [4.69, 9.17) is 8.83 Å². The topological polar surface area (TPSA) is 83.9 Å². The molecule has 2 aromatic heterocycles. The van der Waals surface area contributed by atoms with Crippen LogP contribution in [0.5, 0.6) is 5.75 Å². The van der Waals surface area contributed by atoms with Gasteiger partial charge in [0.1, 0.15) is 22.3 Å². The number of aromatic hydroxyl groups is 1. The Bertz CT molecular complexity index is 1280. The van der Waals surface area contributed by atoms with Gasteiger partial charge in [-0.15, -0.1) is 0 Å². The number of para-hydroxylation sites is 1. The lowest BCUT2D eigenvalue weighted by Gasteiger charge is -2.21. The highest BCUT2D eigenvalue weighted by molar-refractivity contribution is 6.14. The van der Waals surface area contributed by atoms with E-state index in [1.54, 1.807) is 29.2 Å². The summed E-state index contributed by atoms with van der Waals surface area (Å²) in [5.74, 6) is 0.110. The fourth-order valence-electron chi connectivity index (χ4n) is 4.08. The van der Waals surface area contributed by atoms with Crippen molar-refractivity contribution >= 4 is 38.8 Å². The van der Waals surface area contributed by atoms with E-state index in [1.165, 1.54) is 0 Å². The molecule has 28 heavy (non-hydrogen) atoms. The largest absolute Gasteiger partial charge is 0.508 e. The lowest BCUT2D eigenvalue weighted by Crippen LogP contribution is -2.29. The van der Waals surface area contributed by atoms with Crippen LogP contribution in [0.4, 0.5) is 0 Å². The number of phenols is 1. The minimum atomic E-state index is -0.513. The Kier molecular flexibility index (Phi) is 3.86. The number of amides is 1. The Hall–Kier alpha value is -3.28. The van der Waals surface area contributed by atoms with E-state index < -0.39 is 5.63 Å². The summed E-state index contributed by atoms with van der Waals surface area (Å²) in [6, 6.07) is 10.4. The summed E-state index contributed by atoms with van der Waals surface area (Å²) in [6.07, 6.45) is 3.34. The van der Waals surface area contributed by atoms with Crippen LogP contribution >= 0.6 is 0 Å². The predicted octanol–water partition coefficient (Wildman–Crippen LogP) is 4.30. The van der Waals surface area contributed by atoms with E-state index in [2.05, 4.69) is 0 Å². The van der Waals surface area contributed by atoms with Crippen LogP contribution in [0, 0.1) is 0 Å². The van der Waals surface area contributed by atoms with Gasteiger partial charge in [0.2, 0.25) is 5.91 Å². The van der Waals surface area contributed by atoms with Gasteiger partial charge < -0.3 is 18.8 Å². The van der Waals surface area contributed by atoms with Gasteiger partial charge in [-0.1, -0.05) is 18.6 Å². The van der Waals surface area contributed by atoms with Crippen LogP contribution in [0.25, 0.3) is 32.9 Å². The molecular formula is C22H19NO5. The number of phenolic OH excluding ortho intramolecular Hbond substituents is 1. The van der Waals surface area contributed by atoms with E-state index in [9.17, 15) is 14.7 Å². The predicted molar refractivity (Wildman–Crippen MR) is 105 cm³/mol. The number of rotatable bonds is 2. The smallest absolute Gasteiger partial charge is 0.348 e. The Morgan fingerprint density at radius 1 is 0.929 bits per heavy atom. The first-order valence-corrected chi connectivity index (χ1v) is 9.50. The lowest BCUT2D eigenvalue weighted by atomic mass is 10.0. The fourth-order valence-corrected chi connectivity index (χ4v) is 4.08. The van der Waals surface area contributed by atoms with Crippen molar-refractivity contribution in [2.45, 2.75) is 32.2 Å². The van der Waals surface area contributed by atoms with Crippen LogP contribution in [0.2, 0.25) is 0 Å². The maximum absolute atomic E-state index is 12.8. The molecule has 1 N–H and O–H groups in total. The van der Waals surface area contributed by atoms with Gasteiger partial charge in [0, 0.05) is 23.9 Å². The Morgan fingerprint density at radius 2 is 1.79 bits per heavy atom. The van der Waals surface area contributed by atoms with Gasteiger partial charge in [-0.2, -0.15) is 0 Å². The molecule has 5 rings (SSSR count). The van der Waals surface area contributed by atoms with E-state index in [0.717, 1.165) is 19.3 Å². The van der Waals surface area contributed by atoms with Crippen LogP contribution in [0.15, 0.2) is 50.0 Å². The van der Waals surface area contributed by atoms with Gasteiger partial charge in [-0.05, 0) is 37.1 Å². The molecular weight excluding hydrogens is 358 g/mol. The first-order chi connectivity index (χ1) is 13.6. The molecule has 2 aromatic carbocycles. The molecule has 0 radical (unpaired) electrons. The SMILES string of the molecule is O=C1CCCCCN1Cc1c(O)ccc2oc3c4ccccc4oc(=O)c3c12. The summed E-state index contributed by atoms with van der Waals surface area (Å²) in [7, 11) is 0. The molecule has 6 heteroatoms. The quantitative estimate of drug-likeness (QED) is 0.527. The molecule has 1 aliphatic heterocycles. The fraction of sp³-hybridized carbons (Fsp3) is 0.273. The van der Waals surface area contributed by atoms with Gasteiger partial charge >= 0.3 is 5.63 Å². The average Bonchev–Trinajstić information content (AvgIpc) is 2.97. The lowest BCUT2D eigenvalue weighted by molar-refractivity contribution is -0.131. The Labute approximate surface area is 160 Å². The standard InChI is InChI=1S/C22H19NO5/c24-15-9-10-17-19(14(15)12-23-11-5-1-2-8-18(23)25)20-21(27-17)13-6-3-4-7-16(13)28-22(20)26/h3-4,6-7,9-10,24H,1-2,5,8,11-12H2. The molecule has 4 aromatic rings. The molecule has 1 fully saturated rings. The second-order valence-corrected chi connectivity index (χ2v) is 7.25. The third-order valence-electron chi connectivity index (χ3n) is 5.50. The highest BCUT2D eigenvalue weighted by atomic mass is 16.4. The molecule has 142 valence electrons. The number of hydrogen-bond acceptors (Lipinski definition) is 5. The van der Waals surface area contributed by atoms with Gasteiger partial charge in [0.05, 0.1) is 11.9 Å². The zero-order valence-corrected chi connectivity index (χ0v) is 15.2. The molecule has 1 aliphatic rings. The first kappa shape index (κ1) is 16.9. The zero-order valence-electron chi connectivity index (χ0n) is 15.2. The number of fused-ring (bicyclic) bond motifs is 5. The number of carbonyl (C=O) groups excluding carboxylic acids is 1. The van der Waals surface area contributed by atoms with Crippen LogP contribution < -0.4 is 5.63 Å². The van der Waals surface area contributed by atoms with Gasteiger partial charge in [0.15, 0.2) is 5.58 Å². The summed E-state index contributed by atoms with van der Waals surface area (Å²) in [4.78, 5) is 27.0. The Morgan fingerprint density at radius 3 is 2.68 bits per heavy atom. The van der Waals surface area contributed by atoms with Gasteiger partial charge in [0.25, 0.3) is 0 Å². The Balaban J connectivity index is 1.78. The van der Waals surface area contributed by atoms with E-state index >= 15 is 0 Å². The molecule has 1 amide bonds. The van der Waals surface area contributed by atoms with Crippen LogP contribution in [0.1, 0.15) is 31.2 Å². The second kappa shape index (κ2) is 6.41. The molecule has 6 nitrogen and oxygen atoms in total. The average molecular weight is 377 g/mol. The number of carbonyl (C=O) groups is 1. The summed E-state index contributed by atoms with van der Waals surface area (Å²) < 4.78 is 11.5. The van der Waals surface area contributed by atoms with E-state index in [1.807, 2.05) is 12.1 Å². The number of furan rings is 1. The summed E-state index contributed by atoms with van der Waals surface area (Å²) in [6.45, 7) is 0.880. The highest BCUT2D eigenvalue weighted by Gasteiger charge is 2.24. The summed E-state index contributed by atoms with van der Waals surface area (Å²) in [5.41, 5.74) is 1.40. The van der Waals surface area contributed by atoms with Crippen molar-refractivity contribution in [2.75, 3.05) is 6.54 Å². The van der Waals surface area contributed by atoms with Crippen molar-refractivity contribution in [3.63, 3.8) is 0 Å². The van der Waals surface area contributed by atoms with Crippen LogP contribution in [-0.4, -0.2) is 22.5 Å². The molecule has 0 saturated carbocycles. The molecule has 0 unspecified atom stereocenters. The first-order valence-electron chi connectivity index (χ1n) is 9.50. The maximum Gasteiger partial charge on any atom is 0.348 e.